The number of benzene rings is 1. The van der Waals surface area contributed by atoms with E-state index in [1.807, 2.05) is 5.32 Å². The maximum Gasteiger partial charge on any atom is 0.322 e. The second kappa shape index (κ2) is 11.7. The predicted molar refractivity (Wildman–Crippen MR) is 101 cm³/mol. The Labute approximate surface area is 167 Å². The van der Waals surface area contributed by atoms with Gasteiger partial charge in [-0.1, -0.05) is 30.3 Å². The number of aliphatic hydroxyl groups is 2. The Bertz CT molecular complexity index is 711. The Morgan fingerprint density at radius 2 is 1.59 bits per heavy atom. The third-order valence-corrected chi connectivity index (χ3v) is 3.97. The van der Waals surface area contributed by atoms with Gasteiger partial charge in [0, 0.05) is 6.42 Å². The van der Waals surface area contributed by atoms with E-state index in [1.54, 1.807) is 30.3 Å². The highest BCUT2D eigenvalue weighted by Gasteiger charge is 2.29. The molecule has 0 aromatic heterocycles. The first-order valence-electron chi connectivity index (χ1n) is 8.84. The monoisotopic (exact) mass is 410 g/mol. The Morgan fingerprint density at radius 1 is 1.00 bits per heavy atom. The van der Waals surface area contributed by atoms with Gasteiger partial charge < -0.3 is 37.0 Å². The first kappa shape index (κ1) is 24.0. The molecule has 4 unspecified atom stereocenters. The molecule has 0 fully saturated rings. The number of aliphatic hydroxyl groups excluding tert-OH is 2. The number of carbonyl (C=O) groups excluding carboxylic acids is 3. The highest BCUT2D eigenvalue weighted by molar-refractivity contribution is 5.94. The molecule has 0 radical (unpaired) electrons. The number of nitrogens with one attached hydrogen (secondary N) is 3. The molecule has 0 saturated heterocycles. The summed E-state index contributed by atoms with van der Waals surface area (Å²) in [5.74, 6) is -3.74. The minimum Gasteiger partial charge on any atom is -0.480 e. The quantitative estimate of drug-likeness (QED) is 0.202. The van der Waals surface area contributed by atoms with Crippen LogP contribution in [0.25, 0.3) is 0 Å². The van der Waals surface area contributed by atoms with Crippen molar-refractivity contribution in [3.05, 3.63) is 35.9 Å². The van der Waals surface area contributed by atoms with Gasteiger partial charge in [0.1, 0.15) is 24.7 Å². The summed E-state index contributed by atoms with van der Waals surface area (Å²) >= 11 is 0. The second-order valence-electron chi connectivity index (χ2n) is 6.37. The summed E-state index contributed by atoms with van der Waals surface area (Å²) in [5.41, 5.74) is 6.30. The topological polar surface area (TPSA) is 191 Å². The van der Waals surface area contributed by atoms with Gasteiger partial charge in [-0.2, -0.15) is 0 Å². The van der Waals surface area contributed by atoms with Crippen molar-refractivity contribution in [2.45, 2.75) is 37.6 Å². The number of rotatable bonds is 11. The van der Waals surface area contributed by atoms with Crippen LogP contribution in [-0.4, -0.2) is 76.4 Å². The molecule has 0 bridgehead atoms. The summed E-state index contributed by atoms with van der Waals surface area (Å²) in [5, 5.41) is 34.2. The highest BCUT2D eigenvalue weighted by Crippen LogP contribution is 2.05. The highest BCUT2D eigenvalue weighted by atomic mass is 16.4. The van der Waals surface area contributed by atoms with Crippen molar-refractivity contribution in [1.29, 1.82) is 0 Å². The lowest BCUT2D eigenvalue weighted by molar-refractivity contribution is -0.139. The van der Waals surface area contributed by atoms with Crippen molar-refractivity contribution in [3.8, 4) is 0 Å². The fraction of sp³-hybridized carbons (Fsp3) is 0.444. The molecule has 0 spiro atoms. The minimum atomic E-state index is -1.41. The zero-order valence-electron chi connectivity index (χ0n) is 15.9. The van der Waals surface area contributed by atoms with Crippen LogP contribution in [0.2, 0.25) is 0 Å². The van der Waals surface area contributed by atoms with Crippen LogP contribution in [0.4, 0.5) is 0 Å². The first-order valence-corrected chi connectivity index (χ1v) is 8.84. The van der Waals surface area contributed by atoms with Gasteiger partial charge in [0.25, 0.3) is 0 Å². The largest absolute Gasteiger partial charge is 0.480 e. The molecule has 29 heavy (non-hydrogen) atoms. The standard InChI is InChI=1S/C18H26N4O7/c1-10(24)15(19)18(29)21-12(7-11-5-3-2-4-6-11)17(28)22-13(9-23)16(27)20-8-14(25)26/h2-6,10,12-13,15,23-24H,7-9,19H2,1H3,(H,20,27)(H,21,29)(H,22,28)(H,25,26). The van der Waals surface area contributed by atoms with Crippen LogP contribution in [0.5, 0.6) is 0 Å². The fourth-order valence-corrected chi connectivity index (χ4v) is 2.30. The summed E-state index contributed by atoms with van der Waals surface area (Å²) in [6.45, 7) is -0.139. The molecule has 8 N–H and O–H groups in total. The molecule has 0 aliphatic rings. The van der Waals surface area contributed by atoms with Crippen molar-refractivity contribution < 1.29 is 34.5 Å². The maximum atomic E-state index is 12.7. The van der Waals surface area contributed by atoms with E-state index in [4.69, 9.17) is 10.8 Å². The number of hydrogen-bond donors (Lipinski definition) is 7. The Morgan fingerprint density at radius 3 is 2.10 bits per heavy atom. The molecule has 11 heteroatoms. The zero-order valence-corrected chi connectivity index (χ0v) is 15.9. The Hall–Kier alpha value is -3.02. The summed E-state index contributed by atoms with van der Waals surface area (Å²) in [6, 6.07) is 4.86. The van der Waals surface area contributed by atoms with Crippen LogP contribution in [-0.2, 0) is 25.6 Å². The number of carboxylic acids is 1. The first-order chi connectivity index (χ1) is 13.6. The number of carbonyl (C=O) groups is 4. The molecule has 0 aliphatic carbocycles. The molecule has 11 nitrogen and oxygen atoms in total. The van der Waals surface area contributed by atoms with E-state index >= 15 is 0 Å². The van der Waals surface area contributed by atoms with Crippen molar-refractivity contribution >= 4 is 23.7 Å². The zero-order chi connectivity index (χ0) is 22.0. The lowest BCUT2D eigenvalue weighted by Gasteiger charge is -2.24. The van der Waals surface area contributed by atoms with E-state index in [1.165, 1.54) is 6.92 Å². The Kier molecular flexibility index (Phi) is 9.72. The third-order valence-electron chi connectivity index (χ3n) is 3.97. The minimum absolute atomic E-state index is 0.0554. The van der Waals surface area contributed by atoms with Crippen LogP contribution < -0.4 is 21.7 Å². The summed E-state index contributed by atoms with van der Waals surface area (Å²) in [4.78, 5) is 47.3. The number of nitrogens with two attached hydrogens (primary N) is 1. The van der Waals surface area contributed by atoms with E-state index < -0.39 is 61.1 Å². The number of hydrogen-bond acceptors (Lipinski definition) is 7. The molecule has 4 atom stereocenters. The van der Waals surface area contributed by atoms with Gasteiger partial charge in [0.05, 0.1) is 12.7 Å². The van der Waals surface area contributed by atoms with E-state index in [9.17, 15) is 29.4 Å². The van der Waals surface area contributed by atoms with Gasteiger partial charge in [0.2, 0.25) is 17.7 Å². The molecular formula is C18H26N4O7. The van der Waals surface area contributed by atoms with E-state index in [-0.39, 0.29) is 6.42 Å². The normalized spacial score (nSPS) is 14.8. The molecule has 0 saturated carbocycles. The third kappa shape index (κ3) is 8.25. The lowest BCUT2D eigenvalue weighted by Crippen LogP contribution is -2.58. The number of amides is 3. The maximum absolute atomic E-state index is 12.7. The Balaban J connectivity index is 2.91. The van der Waals surface area contributed by atoms with Crippen molar-refractivity contribution in [2.24, 2.45) is 5.73 Å². The van der Waals surface area contributed by atoms with E-state index in [0.717, 1.165) is 0 Å². The lowest BCUT2D eigenvalue weighted by atomic mass is 10.0. The van der Waals surface area contributed by atoms with Crippen LogP contribution in [0.3, 0.4) is 0 Å². The summed E-state index contributed by atoms with van der Waals surface area (Å²) in [6.07, 6.45) is -1.10. The summed E-state index contributed by atoms with van der Waals surface area (Å²) < 4.78 is 0. The van der Waals surface area contributed by atoms with Gasteiger partial charge in [-0.05, 0) is 12.5 Å². The van der Waals surface area contributed by atoms with E-state index in [2.05, 4.69) is 10.6 Å². The van der Waals surface area contributed by atoms with Gasteiger partial charge in [-0.15, -0.1) is 0 Å². The average molecular weight is 410 g/mol. The summed E-state index contributed by atoms with van der Waals surface area (Å²) in [7, 11) is 0. The molecule has 160 valence electrons. The van der Waals surface area contributed by atoms with E-state index in [0.29, 0.717) is 5.56 Å². The van der Waals surface area contributed by atoms with Crippen LogP contribution >= 0.6 is 0 Å². The van der Waals surface area contributed by atoms with Crippen molar-refractivity contribution in [3.63, 3.8) is 0 Å². The molecule has 0 heterocycles. The number of carboxylic acid groups (broad SMARTS) is 1. The van der Waals surface area contributed by atoms with Crippen molar-refractivity contribution in [2.75, 3.05) is 13.2 Å². The number of aliphatic carboxylic acids is 1. The van der Waals surface area contributed by atoms with Gasteiger partial charge in [-0.3, -0.25) is 19.2 Å². The predicted octanol–water partition coefficient (Wildman–Crippen LogP) is -2.90. The molecule has 1 aromatic carbocycles. The van der Waals surface area contributed by atoms with Crippen LogP contribution in [0.1, 0.15) is 12.5 Å². The molecule has 0 aliphatic heterocycles. The molecular weight excluding hydrogens is 384 g/mol. The van der Waals surface area contributed by atoms with Gasteiger partial charge >= 0.3 is 5.97 Å². The molecule has 1 aromatic rings. The van der Waals surface area contributed by atoms with Gasteiger partial charge in [0.15, 0.2) is 0 Å². The van der Waals surface area contributed by atoms with Crippen LogP contribution in [0, 0.1) is 0 Å². The second-order valence-corrected chi connectivity index (χ2v) is 6.37. The average Bonchev–Trinajstić information content (AvgIpc) is 2.69. The fourth-order valence-electron chi connectivity index (χ4n) is 2.30. The van der Waals surface area contributed by atoms with Crippen molar-refractivity contribution in [1.82, 2.24) is 16.0 Å². The molecule has 3 amide bonds. The van der Waals surface area contributed by atoms with Crippen LogP contribution in [0.15, 0.2) is 30.3 Å². The molecule has 1 rings (SSSR count). The SMILES string of the molecule is CC(O)C(N)C(=O)NC(Cc1ccccc1)C(=O)NC(CO)C(=O)NCC(=O)O. The van der Waals surface area contributed by atoms with Gasteiger partial charge in [-0.25, -0.2) is 0 Å². The smallest absolute Gasteiger partial charge is 0.322 e.